The van der Waals surface area contributed by atoms with Gasteiger partial charge in [-0.2, -0.15) is 0 Å². The Bertz CT molecular complexity index is 588. The Balaban J connectivity index is 1.90. The maximum Gasteiger partial charge on any atom is 0.244 e. The monoisotopic (exact) mass is 291 g/mol. The highest BCUT2D eigenvalue weighted by atomic mass is 32.2. The van der Waals surface area contributed by atoms with Gasteiger partial charge in [-0.25, -0.2) is 0 Å². The Morgan fingerprint density at radius 2 is 2.00 bits per heavy atom. The molecule has 3 atom stereocenters. The summed E-state index contributed by atoms with van der Waals surface area (Å²) in [5, 5.41) is 11.9. The van der Waals surface area contributed by atoms with Crippen molar-refractivity contribution in [3.8, 4) is 0 Å². The topological polar surface area (TPSA) is 83.5 Å². The fourth-order valence-electron chi connectivity index (χ4n) is 2.89. The van der Waals surface area contributed by atoms with E-state index in [0.29, 0.717) is 18.4 Å². The number of benzene rings is 1. The van der Waals surface area contributed by atoms with E-state index >= 15 is 0 Å². The number of hydrogen-bond donors (Lipinski definition) is 2. The number of rotatable bonds is 2. The molecule has 1 aromatic rings. The number of hydrogen-bond acceptors (Lipinski definition) is 5. The second-order valence-electron chi connectivity index (χ2n) is 5.05. The van der Waals surface area contributed by atoms with E-state index in [0.717, 1.165) is 11.8 Å². The van der Waals surface area contributed by atoms with Crippen molar-refractivity contribution >= 4 is 28.7 Å². The van der Waals surface area contributed by atoms with Gasteiger partial charge < -0.3 is 5.11 Å². The maximum absolute atomic E-state index is 12.3. The number of fused-ring (bicyclic) bond motifs is 1. The highest BCUT2D eigenvalue weighted by Crippen LogP contribution is 2.50. The SMILES string of the molecule is O=C(S[C@]12CC[C@H](O)[C@H]1C(=O)NC2=O)c1ccccc1. The molecule has 5 nitrogen and oxygen atoms in total. The van der Waals surface area contributed by atoms with E-state index in [1.54, 1.807) is 30.3 Å². The number of aliphatic hydroxyl groups excluding tert-OH is 1. The molecule has 0 aromatic heterocycles. The molecule has 1 saturated heterocycles. The van der Waals surface area contributed by atoms with Gasteiger partial charge in [0.2, 0.25) is 16.9 Å². The molecule has 2 fully saturated rings. The van der Waals surface area contributed by atoms with E-state index in [-0.39, 0.29) is 5.12 Å². The molecule has 104 valence electrons. The van der Waals surface area contributed by atoms with Crippen molar-refractivity contribution in [2.24, 2.45) is 5.92 Å². The van der Waals surface area contributed by atoms with Crippen molar-refractivity contribution < 1.29 is 19.5 Å². The van der Waals surface area contributed by atoms with E-state index in [1.807, 2.05) is 0 Å². The van der Waals surface area contributed by atoms with Gasteiger partial charge in [-0.05, 0) is 12.8 Å². The van der Waals surface area contributed by atoms with E-state index < -0.39 is 28.6 Å². The van der Waals surface area contributed by atoms with Crippen molar-refractivity contribution in [2.45, 2.75) is 23.7 Å². The first-order valence-corrected chi connectivity index (χ1v) is 7.18. The molecule has 2 aliphatic rings. The molecule has 2 amide bonds. The van der Waals surface area contributed by atoms with Gasteiger partial charge in [-0.3, -0.25) is 19.7 Å². The Labute approximate surface area is 119 Å². The largest absolute Gasteiger partial charge is 0.392 e. The van der Waals surface area contributed by atoms with Gasteiger partial charge in [0, 0.05) is 5.56 Å². The first-order valence-electron chi connectivity index (χ1n) is 6.36. The molecule has 1 heterocycles. The predicted molar refractivity (Wildman–Crippen MR) is 73.0 cm³/mol. The number of carbonyl (C=O) groups excluding carboxylic acids is 3. The molecule has 20 heavy (non-hydrogen) atoms. The molecular weight excluding hydrogens is 278 g/mol. The van der Waals surface area contributed by atoms with Crippen LogP contribution in [-0.2, 0) is 9.59 Å². The van der Waals surface area contributed by atoms with Crippen LogP contribution in [0, 0.1) is 5.92 Å². The highest BCUT2D eigenvalue weighted by Gasteiger charge is 2.63. The van der Waals surface area contributed by atoms with Gasteiger partial charge in [0.1, 0.15) is 4.75 Å². The average molecular weight is 291 g/mol. The van der Waals surface area contributed by atoms with Crippen LogP contribution in [0.5, 0.6) is 0 Å². The number of thioether (sulfide) groups is 1. The van der Waals surface area contributed by atoms with E-state index in [4.69, 9.17) is 0 Å². The van der Waals surface area contributed by atoms with Gasteiger partial charge in [0.25, 0.3) is 0 Å². The molecule has 1 aromatic carbocycles. The van der Waals surface area contributed by atoms with Crippen molar-refractivity contribution in [1.29, 1.82) is 0 Å². The molecule has 0 bridgehead atoms. The van der Waals surface area contributed by atoms with Crippen molar-refractivity contribution in [2.75, 3.05) is 0 Å². The second kappa shape index (κ2) is 4.71. The summed E-state index contributed by atoms with van der Waals surface area (Å²) in [5.74, 6) is -1.76. The molecular formula is C14H13NO4S. The first kappa shape index (κ1) is 13.3. The van der Waals surface area contributed by atoms with Gasteiger partial charge in [0.05, 0.1) is 12.0 Å². The summed E-state index contributed by atoms with van der Waals surface area (Å²) >= 11 is 0.862. The lowest BCUT2D eigenvalue weighted by Gasteiger charge is -2.23. The predicted octanol–water partition coefficient (Wildman–Crippen LogP) is 0.726. The quantitative estimate of drug-likeness (QED) is 0.785. The van der Waals surface area contributed by atoms with Crippen LogP contribution < -0.4 is 5.32 Å². The van der Waals surface area contributed by atoms with Crippen LogP contribution in [0.3, 0.4) is 0 Å². The van der Waals surface area contributed by atoms with Crippen molar-refractivity contribution in [1.82, 2.24) is 5.32 Å². The minimum Gasteiger partial charge on any atom is -0.392 e. The highest BCUT2D eigenvalue weighted by molar-refractivity contribution is 8.16. The van der Waals surface area contributed by atoms with Gasteiger partial charge >= 0.3 is 0 Å². The number of nitrogens with one attached hydrogen (secondary N) is 1. The van der Waals surface area contributed by atoms with Gasteiger partial charge in [-0.15, -0.1) is 0 Å². The molecule has 1 aliphatic carbocycles. The number of amides is 2. The summed E-state index contributed by atoms with van der Waals surface area (Å²) in [6.07, 6.45) is -0.170. The molecule has 2 N–H and O–H groups in total. The molecule has 3 rings (SSSR count). The fourth-order valence-corrected chi connectivity index (χ4v) is 4.23. The fraction of sp³-hybridized carbons (Fsp3) is 0.357. The molecule has 0 unspecified atom stereocenters. The lowest BCUT2D eigenvalue weighted by atomic mass is 9.97. The van der Waals surface area contributed by atoms with E-state index in [2.05, 4.69) is 5.32 Å². The normalized spacial score (nSPS) is 32.0. The van der Waals surface area contributed by atoms with Crippen LogP contribution in [0.25, 0.3) is 0 Å². The summed E-state index contributed by atoms with van der Waals surface area (Å²) in [6, 6.07) is 8.62. The van der Waals surface area contributed by atoms with Gasteiger partial charge in [-0.1, -0.05) is 42.1 Å². The minimum atomic E-state index is -1.15. The van der Waals surface area contributed by atoms with Crippen LogP contribution in [-0.4, -0.2) is 32.9 Å². The van der Waals surface area contributed by atoms with E-state index in [1.165, 1.54) is 0 Å². The average Bonchev–Trinajstić information content (AvgIpc) is 2.89. The molecule has 6 heteroatoms. The lowest BCUT2D eigenvalue weighted by molar-refractivity contribution is -0.127. The first-order chi connectivity index (χ1) is 9.54. The third kappa shape index (κ3) is 1.87. The van der Waals surface area contributed by atoms with Crippen molar-refractivity contribution in [3.05, 3.63) is 35.9 Å². The smallest absolute Gasteiger partial charge is 0.244 e. The molecule has 0 spiro atoms. The lowest BCUT2D eigenvalue weighted by Crippen LogP contribution is -2.38. The Hall–Kier alpha value is -1.66. The Kier molecular flexibility index (Phi) is 3.14. The second-order valence-corrected chi connectivity index (χ2v) is 6.35. The number of carbonyl (C=O) groups is 3. The third-order valence-electron chi connectivity index (χ3n) is 3.89. The van der Waals surface area contributed by atoms with Crippen molar-refractivity contribution in [3.63, 3.8) is 0 Å². The summed E-state index contributed by atoms with van der Waals surface area (Å²) in [6.45, 7) is 0. The Morgan fingerprint density at radius 3 is 2.70 bits per heavy atom. The summed E-state index contributed by atoms with van der Waals surface area (Å²) in [7, 11) is 0. The zero-order valence-electron chi connectivity index (χ0n) is 10.5. The zero-order chi connectivity index (χ0) is 14.3. The summed E-state index contributed by atoms with van der Waals surface area (Å²) < 4.78 is -1.15. The maximum atomic E-state index is 12.3. The molecule has 1 saturated carbocycles. The van der Waals surface area contributed by atoms with E-state index in [9.17, 15) is 19.5 Å². The summed E-state index contributed by atoms with van der Waals surface area (Å²) in [5.41, 5.74) is 0.485. The van der Waals surface area contributed by atoms with Crippen LogP contribution in [0.15, 0.2) is 30.3 Å². The minimum absolute atomic E-state index is 0.255. The number of imide groups is 1. The van der Waals surface area contributed by atoms with Crippen LogP contribution in [0.4, 0.5) is 0 Å². The van der Waals surface area contributed by atoms with Crippen LogP contribution in [0.1, 0.15) is 23.2 Å². The number of aliphatic hydroxyl groups is 1. The van der Waals surface area contributed by atoms with Crippen LogP contribution in [0.2, 0.25) is 0 Å². The summed E-state index contributed by atoms with van der Waals surface area (Å²) in [4.78, 5) is 36.2. The standard InChI is InChI=1S/C14H13NO4S/c16-9-6-7-14(10(9)11(17)15-13(14)19)20-12(18)8-4-2-1-3-5-8/h1-5,9-10,16H,6-7H2,(H,15,17,19)/t9-,10-,14+/m0/s1. The third-order valence-corrected chi connectivity index (χ3v) is 5.32. The molecule has 0 radical (unpaired) electrons. The molecule has 1 aliphatic heterocycles. The van der Waals surface area contributed by atoms with Crippen LogP contribution >= 0.6 is 11.8 Å². The van der Waals surface area contributed by atoms with Gasteiger partial charge in [0.15, 0.2) is 0 Å². The Morgan fingerprint density at radius 1 is 1.30 bits per heavy atom. The zero-order valence-corrected chi connectivity index (χ0v) is 11.4.